The molecule has 25 heavy (non-hydrogen) atoms. The number of nitrogens with one attached hydrogen (secondary N) is 1. The van der Waals surface area contributed by atoms with E-state index in [2.05, 4.69) is 11.3 Å². The van der Waals surface area contributed by atoms with Crippen molar-refractivity contribution < 1.29 is 8.42 Å². The Balaban J connectivity index is 2.00. The zero-order valence-electron chi connectivity index (χ0n) is 13.9. The van der Waals surface area contributed by atoms with Crippen LogP contribution in [0.3, 0.4) is 0 Å². The summed E-state index contributed by atoms with van der Waals surface area (Å²) in [4.78, 5) is 0.228. The fourth-order valence-corrected chi connectivity index (χ4v) is 3.80. The van der Waals surface area contributed by atoms with Crippen LogP contribution >= 0.6 is 0 Å². The summed E-state index contributed by atoms with van der Waals surface area (Å²) in [5.74, 6) is 0. The molecular weight excluding hydrogens is 330 g/mol. The number of rotatable bonds is 5. The lowest BCUT2D eigenvalue weighted by Crippen LogP contribution is -2.14. The Hall–Kier alpha value is -2.85. The van der Waals surface area contributed by atoms with E-state index < -0.39 is 10.0 Å². The van der Waals surface area contributed by atoms with Crippen molar-refractivity contribution in [2.75, 3.05) is 4.72 Å². The summed E-state index contributed by atoms with van der Waals surface area (Å²) in [6.45, 7) is 6.20. The van der Waals surface area contributed by atoms with Gasteiger partial charge >= 0.3 is 0 Å². The first kappa shape index (κ1) is 17.0. The van der Waals surface area contributed by atoms with Crippen LogP contribution in [0.5, 0.6) is 0 Å². The first-order valence-electron chi connectivity index (χ1n) is 7.91. The molecule has 126 valence electrons. The minimum Gasteiger partial charge on any atom is -0.279 e. The second kappa shape index (κ2) is 6.95. The van der Waals surface area contributed by atoms with Crippen LogP contribution in [-0.4, -0.2) is 8.42 Å². The third-order valence-corrected chi connectivity index (χ3v) is 5.40. The molecule has 0 unspecified atom stereocenters. The average molecular weight is 349 g/mol. The Morgan fingerprint density at radius 2 is 1.36 bits per heavy atom. The molecule has 0 saturated heterocycles. The fourth-order valence-electron chi connectivity index (χ4n) is 2.70. The van der Waals surface area contributed by atoms with E-state index in [1.807, 2.05) is 43.3 Å². The minimum atomic E-state index is -3.65. The van der Waals surface area contributed by atoms with Gasteiger partial charge < -0.3 is 0 Å². The van der Waals surface area contributed by atoms with Crippen LogP contribution in [-0.2, 0) is 10.0 Å². The maximum absolute atomic E-state index is 12.6. The molecule has 0 heterocycles. The van der Waals surface area contributed by atoms with E-state index in [-0.39, 0.29) is 4.90 Å². The molecule has 0 fully saturated rings. The van der Waals surface area contributed by atoms with E-state index >= 15 is 0 Å². The molecule has 3 rings (SSSR count). The zero-order chi connectivity index (χ0) is 17.9. The van der Waals surface area contributed by atoms with Crippen molar-refractivity contribution in [2.45, 2.75) is 11.8 Å². The minimum absolute atomic E-state index is 0.228. The third-order valence-electron chi connectivity index (χ3n) is 4.02. The Bertz CT molecular complexity index is 1010. The van der Waals surface area contributed by atoms with E-state index in [0.717, 1.165) is 22.3 Å². The van der Waals surface area contributed by atoms with Gasteiger partial charge in [-0.15, -0.1) is 0 Å². The van der Waals surface area contributed by atoms with Gasteiger partial charge in [-0.3, -0.25) is 4.72 Å². The van der Waals surface area contributed by atoms with Gasteiger partial charge in [0.15, 0.2) is 0 Å². The molecule has 0 saturated carbocycles. The highest BCUT2D eigenvalue weighted by molar-refractivity contribution is 7.92. The van der Waals surface area contributed by atoms with Gasteiger partial charge in [0.1, 0.15) is 0 Å². The maximum Gasteiger partial charge on any atom is 0.261 e. The molecule has 4 heteroatoms. The smallest absolute Gasteiger partial charge is 0.261 e. The highest BCUT2D eigenvalue weighted by Gasteiger charge is 2.17. The van der Waals surface area contributed by atoms with Gasteiger partial charge in [0, 0.05) is 5.56 Å². The predicted octanol–water partition coefficient (Wildman–Crippen LogP) is 4.86. The van der Waals surface area contributed by atoms with Crippen LogP contribution < -0.4 is 4.72 Å². The molecule has 0 aromatic heterocycles. The standard InChI is InChI=1S/C21H19NO2S/c1-16-10-6-7-13-19(16)17(2)20-14-8-9-15-21(20)22-25(23,24)18-11-4-3-5-12-18/h3-15,22H,2H2,1H3. The lowest BCUT2D eigenvalue weighted by Gasteiger charge is -2.16. The first-order valence-corrected chi connectivity index (χ1v) is 9.39. The SMILES string of the molecule is C=C(c1ccccc1C)c1ccccc1NS(=O)(=O)c1ccccc1. The normalized spacial score (nSPS) is 11.1. The number of hydrogen-bond acceptors (Lipinski definition) is 2. The monoisotopic (exact) mass is 349 g/mol. The summed E-state index contributed by atoms with van der Waals surface area (Å²) in [6, 6.07) is 23.5. The number of aryl methyl sites for hydroxylation is 1. The molecule has 0 spiro atoms. The van der Waals surface area contributed by atoms with Gasteiger partial charge in [-0.25, -0.2) is 8.42 Å². The van der Waals surface area contributed by atoms with Crippen LogP contribution in [0.4, 0.5) is 5.69 Å². The second-order valence-electron chi connectivity index (χ2n) is 5.76. The zero-order valence-corrected chi connectivity index (χ0v) is 14.8. The average Bonchev–Trinajstić information content (AvgIpc) is 2.62. The predicted molar refractivity (Wildman–Crippen MR) is 103 cm³/mol. The quantitative estimate of drug-likeness (QED) is 0.715. The van der Waals surface area contributed by atoms with Crippen LogP contribution in [0, 0.1) is 6.92 Å². The third kappa shape index (κ3) is 3.64. The Labute approximate surface area is 148 Å². The molecule has 0 aliphatic carbocycles. The van der Waals surface area contributed by atoms with Gasteiger partial charge in [0.2, 0.25) is 0 Å². The Morgan fingerprint density at radius 1 is 0.800 bits per heavy atom. The molecule has 0 bridgehead atoms. The van der Waals surface area contributed by atoms with Crippen molar-refractivity contribution in [2.24, 2.45) is 0 Å². The van der Waals surface area contributed by atoms with Crippen LogP contribution in [0.2, 0.25) is 0 Å². The maximum atomic E-state index is 12.6. The van der Waals surface area contributed by atoms with Crippen molar-refractivity contribution in [3.05, 3.63) is 102 Å². The lowest BCUT2D eigenvalue weighted by atomic mass is 9.95. The van der Waals surface area contributed by atoms with Gasteiger partial charge in [0.25, 0.3) is 10.0 Å². The van der Waals surface area contributed by atoms with Crippen molar-refractivity contribution in [3.8, 4) is 0 Å². The summed E-state index contributed by atoms with van der Waals surface area (Å²) in [6.07, 6.45) is 0. The van der Waals surface area contributed by atoms with Crippen molar-refractivity contribution in [1.29, 1.82) is 0 Å². The molecule has 0 aliphatic heterocycles. The topological polar surface area (TPSA) is 46.2 Å². The highest BCUT2D eigenvalue weighted by Crippen LogP contribution is 2.31. The van der Waals surface area contributed by atoms with Crippen molar-refractivity contribution in [1.82, 2.24) is 0 Å². The Morgan fingerprint density at radius 3 is 2.04 bits per heavy atom. The first-order chi connectivity index (χ1) is 12.0. The highest BCUT2D eigenvalue weighted by atomic mass is 32.2. The van der Waals surface area contributed by atoms with Crippen LogP contribution in [0.1, 0.15) is 16.7 Å². The largest absolute Gasteiger partial charge is 0.279 e. The van der Waals surface area contributed by atoms with Crippen molar-refractivity contribution >= 4 is 21.3 Å². The summed E-state index contributed by atoms with van der Waals surface area (Å²) in [5, 5.41) is 0. The van der Waals surface area contributed by atoms with Crippen LogP contribution in [0.15, 0.2) is 90.3 Å². The number of sulfonamides is 1. The Kier molecular flexibility index (Phi) is 4.72. The molecule has 0 atom stereocenters. The number of benzene rings is 3. The van der Waals surface area contributed by atoms with E-state index in [1.54, 1.807) is 42.5 Å². The molecule has 3 aromatic rings. The molecular formula is C21H19NO2S. The van der Waals surface area contributed by atoms with Gasteiger partial charge in [-0.05, 0) is 41.8 Å². The summed E-state index contributed by atoms with van der Waals surface area (Å²) < 4.78 is 28.0. The van der Waals surface area contributed by atoms with Crippen LogP contribution in [0.25, 0.3) is 5.57 Å². The van der Waals surface area contributed by atoms with Crippen molar-refractivity contribution in [3.63, 3.8) is 0 Å². The molecule has 0 radical (unpaired) electrons. The fraction of sp³-hybridized carbons (Fsp3) is 0.0476. The summed E-state index contributed by atoms with van der Waals surface area (Å²) in [7, 11) is -3.65. The number of anilines is 1. The van der Waals surface area contributed by atoms with Gasteiger partial charge in [0.05, 0.1) is 10.6 Å². The molecule has 1 N–H and O–H groups in total. The van der Waals surface area contributed by atoms with E-state index in [0.29, 0.717) is 5.69 Å². The number of hydrogen-bond donors (Lipinski definition) is 1. The van der Waals surface area contributed by atoms with Gasteiger partial charge in [-0.1, -0.05) is 67.2 Å². The summed E-state index contributed by atoms with van der Waals surface area (Å²) in [5.41, 5.74) is 4.14. The van der Waals surface area contributed by atoms with E-state index in [4.69, 9.17) is 0 Å². The molecule has 3 nitrogen and oxygen atoms in total. The molecule has 3 aromatic carbocycles. The van der Waals surface area contributed by atoms with Gasteiger partial charge in [-0.2, -0.15) is 0 Å². The van der Waals surface area contributed by atoms with E-state index in [1.165, 1.54) is 0 Å². The number of para-hydroxylation sites is 1. The molecule has 0 amide bonds. The van der Waals surface area contributed by atoms with E-state index in [9.17, 15) is 8.42 Å². The molecule has 0 aliphatic rings. The summed E-state index contributed by atoms with van der Waals surface area (Å²) >= 11 is 0. The lowest BCUT2D eigenvalue weighted by molar-refractivity contribution is 0.601. The second-order valence-corrected chi connectivity index (χ2v) is 7.44.